The highest BCUT2D eigenvalue weighted by molar-refractivity contribution is 7.99. The second-order valence-electron chi connectivity index (χ2n) is 4.30. The first-order valence-corrected chi connectivity index (χ1v) is 7.36. The largest absolute Gasteiger partial charge is 0.478 e. The Morgan fingerprint density at radius 1 is 1.37 bits per heavy atom. The number of thioether (sulfide) groups is 1. The van der Waals surface area contributed by atoms with E-state index in [0.29, 0.717) is 5.56 Å². The maximum absolute atomic E-state index is 13.9. The lowest BCUT2D eigenvalue weighted by molar-refractivity contribution is -0.131. The summed E-state index contributed by atoms with van der Waals surface area (Å²) in [4.78, 5) is 12.7. The zero-order valence-electron chi connectivity index (χ0n) is 10.5. The Hall–Kier alpha value is -1.49. The molecule has 1 N–H and O–H groups in total. The minimum atomic E-state index is -1.07. The van der Waals surface area contributed by atoms with Gasteiger partial charge in [-0.1, -0.05) is 6.07 Å². The summed E-state index contributed by atoms with van der Waals surface area (Å²) in [5.41, 5.74) is 1.14. The van der Waals surface area contributed by atoms with Crippen LogP contribution < -0.4 is 4.90 Å². The van der Waals surface area contributed by atoms with E-state index in [1.807, 2.05) is 17.8 Å². The van der Waals surface area contributed by atoms with E-state index in [2.05, 4.69) is 4.90 Å². The van der Waals surface area contributed by atoms with Gasteiger partial charge >= 0.3 is 5.97 Å². The minimum Gasteiger partial charge on any atom is -0.478 e. The summed E-state index contributed by atoms with van der Waals surface area (Å²) in [7, 11) is 0. The average molecular weight is 281 g/mol. The maximum atomic E-state index is 13.9. The van der Waals surface area contributed by atoms with Crippen molar-refractivity contribution in [1.29, 1.82) is 0 Å². The zero-order chi connectivity index (χ0) is 13.7. The fourth-order valence-electron chi connectivity index (χ4n) is 2.11. The molecule has 0 spiro atoms. The first-order chi connectivity index (χ1) is 9.18. The predicted octanol–water partition coefficient (Wildman–Crippen LogP) is 2.87. The van der Waals surface area contributed by atoms with Crippen LogP contribution in [0.15, 0.2) is 24.3 Å². The molecule has 0 amide bonds. The molecule has 0 saturated carbocycles. The molecule has 19 heavy (non-hydrogen) atoms. The molecule has 2 rings (SSSR count). The molecule has 1 aromatic rings. The highest BCUT2D eigenvalue weighted by Gasteiger charge is 2.15. The molecule has 1 aromatic carbocycles. The Morgan fingerprint density at radius 2 is 2.21 bits per heavy atom. The van der Waals surface area contributed by atoms with Crippen molar-refractivity contribution in [3.8, 4) is 0 Å². The van der Waals surface area contributed by atoms with Crippen LogP contribution in [0.3, 0.4) is 0 Å². The third-order valence-electron chi connectivity index (χ3n) is 2.99. The molecular weight excluding hydrogens is 265 g/mol. The number of anilines is 1. The maximum Gasteiger partial charge on any atom is 0.328 e. The van der Waals surface area contributed by atoms with Gasteiger partial charge in [0.05, 0.1) is 0 Å². The summed E-state index contributed by atoms with van der Waals surface area (Å²) < 4.78 is 13.9. The van der Waals surface area contributed by atoms with Crippen LogP contribution in [0.5, 0.6) is 0 Å². The lowest BCUT2D eigenvalue weighted by Gasteiger charge is -2.24. The number of hydrogen-bond acceptors (Lipinski definition) is 3. The fourth-order valence-corrected chi connectivity index (χ4v) is 2.99. The topological polar surface area (TPSA) is 40.5 Å². The summed E-state index contributed by atoms with van der Waals surface area (Å²) in [5.74, 6) is 0.678. The van der Waals surface area contributed by atoms with Crippen molar-refractivity contribution in [1.82, 2.24) is 0 Å². The Bertz CT molecular complexity index is 482. The zero-order valence-corrected chi connectivity index (χ0v) is 11.3. The Labute approximate surface area is 116 Å². The minimum absolute atomic E-state index is 0.358. The molecule has 1 saturated heterocycles. The number of rotatable bonds is 3. The van der Waals surface area contributed by atoms with Gasteiger partial charge in [-0.15, -0.1) is 0 Å². The summed E-state index contributed by atoms with van der Waals surface area (Å²) in [6, 6.07) is 4.87. The van der Waals surface area contributed by atoms with E-state index in [0.717, 1.165) is 42.8 Å². The van der Waals surface area contributed by atoms with Gasteiger partial charge in [-0.3, -0.25) is 0 Å². The molecule has 0 aliphatic carbocycles. The molecule has 5 heteroatoms. The van der Waals surface area contributed by atoms with Crippen LogP contribution in [0.25, 0.3) is 6.08 Å². The molecule has 0 atom stereocenters. The van der Waals surface area contributed by atoms with Crippen molar-refractivity contribution in [3.05, 3.63) is 35.7 Å². The fraction of sp³-hybridized carbons (Fsp3) is 0.357. The van der Waals surface area contributed by atoms with Gasteiger partial charge in [0.25, 0.3) is 0 Å². The van der Waals surface area contributed by atoms with Gasteiger partial charge in [-0.25, -0.2) is 9.18 Å². The van der Waals surface area contributed by atoms with Crippen LogP contribution in [0.2, 0.25) is 0 Å². The number of aliphatic carboxylic acids is 1. The Kier molecular flexibility index (Phi) is 4.85. The number of carbonyl (C=O) groups is 1. The van der Waals surface area contributed by atoms with Gasteiger partial charge < -0.3 is 10.0 Å². The number of nitrogens with zero attached hydrogens (tertiary/aromatic N) is 1. The first-order valence-electron chi connectivity index (χ1n) is 6.20. The number of hydrogen-bond donors (Lipinski definition) is 1. The monoisotopic (exact) mass is 281 g/mol. The molecule has 1 fully saturated rings. The molecule has 0 aromatic heterocycles. The highest BCUT2D eigenvalue weighted by Crippen LogP contribution is 2.26. The number of benzene rings is 1. The molecule has 1 aliphatic rings. The van der Waals surface area contributed by atoms with Gasteiger partial charge in [0.2, 0.25) is 0 Å². The van der Waals surface area contributed by atoms with Gasteiger partial charge in [-0.2, -0.15) is 11.8 Å². The van der Waals surface area contributed by atoms with Crippen LogP contribution in [0.1, 0.15) is 12.0 Å². The molecule has 0 unspecified atom stereocenters. The van der Waals surface area contributed by atoms with Gasteiger partial charge in [-0.05, 0) is 30.4 Å². The van der Waals surface area contributed by atoms with Gasteiger partial charge in [0.1, 0.15) is 5.82 Å². The quantitative estimate of drug-likeness (QED) is 0.865. The average Bonchev–Trinajstić information content (AvgIpc) is 2.65. The van der Waals surface area contributed by atoms with E-state index in [4.69, 9.17) is 5.11 Å². The van der Waals surface area contributed by atoms with Crippen molar-refractivity contribution < 1.29 is 14.3 Å². The van der Waals surface area contributed by atoms with Gasteiger partial charge in [0, 0.05) is 36.2 Å². The number of halogens is 1. The Balaban J connectivity index is 2.32. The second-order valence-corrected chi connectivity index (χ2v) is 5.52. The van der Waals surface area contributed by atoms with E-state index in [-0.39, 0.29) is 5.82 Å². The lowest BCUT2D eigenvalue weighted by atomic mass is 10.1. The van der Waals surface area contributed by atoms with Crippen LogP contribution in [-0.4, -0.2) is 35.7 Å². The highest BCUT2D eigenvalue weighted by atomic mass is 32.2. The smallest absolute Gasteiger partial charge is 0.328 e. The first kappa shape index (κ1) is 13.9. The van der Waals surface area contributed by atoms with Crippen molar-refractivity contribution in [2.45, 2.75) is 6.42 Å². The van der Waals surface area contributed by atoms with Crippen molar-refractivity contribution in [2.24, 2.45) is 0 Å². The van der Waals surface area contributed by atoms with Crippen molar-refractivity contribution >= 4 is 29.5 Å². The predicted molar refractivity (Wildman–Crippen MR) is 77.2 cm³/mol. The van der Waals surface area contributed by atoms with Crippen LogP contribution in [-0.2, 0) is 4.79 Å². The van der Waals surface area contributed by atoms with E-state index in [1.165, 1.54) is 12.1 Å². The SMILES string of the molecule is O=C(O)/C=C/c1c(F)cccc1N1CCCSCC1. The van der Waals surface area contributed by atoms with Gasteiger partial charge in [0.15, 0.2) is 0 Å². The van der Waals surface area contributed by atoms with Crippen LogP contribution in [0.4, 0.5) is 10.1 Å². The second kappa shape index (κ2) is 6.61. The van der Waals surface area contributed by atoms with Crippen LogP contribution >= 0.6 is 11.8 Å². The van der Waals surface area contributed by atoms with E-state index >= 15 is 0 Å². The molecule has 1 heterocycles. The summed E-state index contributed by atoms with van der Waals surface area (Å²) in [6.07, 6.45) is 3.38. The van der Waals surface area contributed by atoms with E-state index in [9.17, 15) is 9.18 Å². The number of carboxylic acid groups (broad SMARTS) is 1. The molecule has 0 radical (unpaired) electrons. The van der Waals surface area contributed by atoms with Crippen molar-refractivity contribution in [3.63, 3.8) is 0 Å². The summed E-state index contributed by atoms with van der Waals surface area (Å²) in [5, 5.41) is 8.69. The Morgan fingerprint density at radius 3 is 3.00 bits per heavy atom. The molecular formula is C14H16FNO2S. The summed E-state index contributed by atoms with van der Waals surface area (Å²) in [6.45, 7) is 1.74. The standard InChI is InChI=1S/C14H16FNO2S/c15-12-3-1-4-13(11(12)5-6-14(17)18)16-7-2-9-19-10-8-16/h1,3-6H,2,7-10H2,(H,17,18)/b6-5+. The third kappa shape index (κ3) is 3.73. The molecule has 1 aliphatic heterocycles. The van der Waals surface area contributed by atoms with Crippen LogP contribution in [0, 0.1) is 5.82 Å². The normalized spacial score (nSPS) is 16.6. The van der Waals surface area contributed by atoms with E-state index in [1.54, 1.807) is 6.07 Å². The molecule has 102 valence electrons. The molecule has 3 nitrogen and oxygen atoms in total. The molecule has 0 bridgehead atoms. The van der Waals surface area contributed by atoms with E-state index < -0.39 is 5.97 Å². The van der Waals surface area contributed by atoms with Crippen molar-refractivity contribution in [2.75, 3.05) is 29.5 Å². The third-order valence-corrected chi connectivity index (χ3v) is 4.03. The summed E-state index contributed by atoms with van der Waals surface area (Å²) >= 11 is 1.89. The lowest BCUT2D eigenvalue weighted by Crippen LogP contribution is -2.26. The number of carboxylic acids is 1.